The first-order chi connectivity index (χ1) is 17.4. The Kier molecular flexibility index (Phi) is 7.18. The molecular formula is C25H26N4O4S3. The van der Waals surface area contributed by atoms with Gasteiger partial charge in [0.25, 0.3) is 10.0 Å². The predicted octanol–water partition coefficient (Wildman–Crippen LogP) is 3.40. The molecule has 2 fully saturated rings. The lowest BCUT2D eigenvalue weighted by Crippen LogP contribution is -2.44. The Morgan fingerprint density at radius 2 is 1.83 bits per heavy atom. The molecule has 1 atom stereocenters. The van der Waals surface area contributed by atoms with Crippen LogP contribution < -0.4 is 9.62 Å². The fraction of sp³-hybridized carbons (Fsp3) is 0.280. The third-order valence-corrected chi connectivity index (χ3v) is 9.25. The highest BCUT2D eigenvalue weighted by molar-refractivity contribution is 8.23. The van der Waals surface area contributed by atoms with Crippen LogP contribution in [0.3, 0.4) is 0 Å². The number of nitrogens with zero attached hydrogens (tertiary/aromatic N) is 3. The maximum atomic E-state index is 13.3. The van der Waals surface area contributed by atoms with E-state index < -0.39 is 15.7 Å². The largest absolute Gasteiger partial charge is 0.378 e. The molecule has 2 aromatic carbocycles. The molecule has 2 N–H and O–H groups in total. The zero-order valence-corrected chi connectivity index (χ0v) is 21.9. The molecule has 3 heterocycles. The molecule has 1 aromatic heterocycles. The van der Waals surface area contributed by atoms with Crippen LogP contribution in [0.1, 0.15) is 11.1 Å². The molecule has 11 heteroatoms. The number of pyridine rings is 1. The number of nitrogens with one attached hydrogen (secondary N) is 1. The number of anilines is 2. The summed E-state index contributed by atoms with van der Waals surface area (Å²) in [6, 6.07) is 17.5. The number of benzene rings is 2. The summed E-state index contributed by atoms with van der Waals surface area (Å²) in [6.07, 6.45) is 3.45. The van der Waals surface area contributed by atoms with E-state index in [0.29, 0.717) is 59.9 Å². The van der Waals surface area contributed by atoms with Crippen molar-refractivity contribution in [1.29, 1.82) is 0 Å². The van der Waals surface area contributed by atoms with Crippen molar-refractivity contribution in [2.75, 3.05) is 41.7 Å². The molecule has 2 saturated heterocycles. The Bertz CT molecular complexity index is 1330. The summed E-state index contributed by atoms with van der Waals surface area (Å²) >= 11 is 6.93. The third-order valence-electron chi connectivity index (χ3n) is 6.23. The zero-order valence-electron chi connectivity index (χ0n) is 19.4. The number of para-hydroxylation sites is 1. The van der Waals surface area contributed by atoms with Crippen molar-refractivity contribution in [3.05, 3.63) is 84.2 Å². The van der Waals surface area contributed by atoms with Gasteiger partial charge in [-0.2, -0.15) is 0 Å². The van der Waals surface area contributed by atoms with Crippen LogP contribution in [-0.4, -0.2) is 59.8 Å². The van der Waals surface area contributed by atoms with Crippen molar-refractivity contribution in [2.24, 2.45) is 0 Å². The van der Waals surface area contributed by atoms with E-state index in [-0.39, 0.29) is 4.90 Å². The van der Waals surface area contributed by atoms with Gasteiger partial charge >= 0.3 is 0 Å². The van der Waals surface area contributed by atoms with Crippen LogP contribution in [-0.2, 0) is 27.0 Å². The van der Waals surface area contributed by atoms with E-state index in [2.05, 4.69) is 9.71 Å². The molecule has 0 spiro atoms. The van der Waals surface area contributed by atoms with Crippen LogP contribution >= 0.6 is 24.0 Å². The van der Waals surface area contributed by atoms with E-state index in [1.807, 2.05) is 29.2 Å². The van der Waals surface area contributed by atoms with Gasteiger partial charge in [0.15, 0.2) is 5.72 Å². The van der Waals surface area contributed by atoms with Gasteiger partial charge in [-0.15, -0.1) is 0 Å². The summed E-state index contributed by atoms with van der Waals surface area (Å²) in [6.45, 7) is 2.81. The lowest BCUT2D eigenvalue weighted by Gasteiger charge is -2.34. The minimum atomic E-state index is -3.84. The molecule has 0 bridgehead atoms. The number of sulfonamides is 1. The highest BCUT2D eigenvalue weighted by atomic mass is 32.2. The first-order valence-corrected chi connectivity index (χ1v) is 14.4. The minimum Gasteiger partial charge on any atom is -0.378 e. The number of hydrogen-bond donors (Lipinski definition) is 2. The second-order valence-electron chi connectivity index (χ2n) is 8.57. The minimum absolute atomic E-state index is 0.217. The summed E-state index contributed by atoms with van der Waals surface area (Å²) in [5.41, 5.74) is 1.32. The van der Waals surface area contributed by atoms with Gasteiger partial charge in [-0.1, -0.05) is 54.3 Å². The molecule has 36 heavy (non-hydrogen) atoms. The summed E-state index contributed by atoms with van der Waals surface area (Å²) in [4.78, 5) is 8.17. The normalized spacial score (nSPS) is 20.5. The molecule has 8 nitrogen and oxygen atoms in total. The van der Waals surface area contributed by atoms with E-state index >= 15 is 0 Å². The quantitative estimate of drug-likeness (QED) is 0.436. The second kappa shape index (κ2) is 10.3. The smallest absolute Gasteiger partial charge is 0.263 e. The Balaban J connectivity index is 1.36. The molecule has 3 aromatic rings. The van der Waals surface area contributed by atoms with Crippen molar-refractivity contribution in [2.45, 2.75) is 17.2 Å². The standard InChI is InChI=1S/C25H26N4O4S3/c30-25(18-35-24(34)29(25)17-19-4-3-11-26-16-19)20-7-9-21(10-8-20)27-36(31,32)23-6-2-1-5-22(23)28-12-14-33-15-13-28/h1-11,16,27,30H,12-15,17-18H2. The third kappa shape index (κ3) is 5.07. The molecule has 5 rings (SSSR count). The van der Waals surface area contributed by atoms with Crippen molar-refractivity contribution in [1.82, 2.24) is 9.88 Å². The van der Waals surface area contributed by atoms with Gasteiger partial charge in [-0.25, -0.2) is 8.42 Å². The number of thioether (sulfide) groups is 1. The Hall–Kier alpha value is -2.70. The van der Waals surface area contributed by atoms with Crippen molar-refractivity contribution < 1.29 is 18.3 Å². The first kappa shape index (κ1) is 25.0. The van der Waals surface area contributed by atoms with Gasteiger partial charge in [0.05, 0.1) is 24.7 Å². The first-order valence-electron chi connectivity index (χ1n) is 11.5. The summed E-state index contributed by atoms with van der Waals surface area (Å²) in [7, 11) is -3.84. The average molecular weight is 543 g/mol. The maximum Gasteiger partial charge on any atom is 0.263 e. The van der Waals surface area contributed by atoms with E-state index in [9.17, 15) is 13.5 Å². The summed E-state index contributed by atoms with van der Waals surface area (Å²) < 4.78 is 35.3. The van der Waals surface area contributed by atoms with Crippen LogP contribution in [0.5, 0.6) is 0 Å². The molecule has 2 aliphatic heterocycles. The number of rotatable bonds is 7. The highest BCUT2D eigenvalue weighted by Gasteiger charge is 2.44. The Morgan fingerprint density at radius 3 is 2.56 bits per heavy atom. The molecule has 0 amide bonds. The highest BCUT2D eigenvalue weighted by Crippen LogP contribution is 2.40. The average Bonchev–Trinajstić information content (AvgIpc) is 3.19. The molecule has 2 aliphatic rings. The lowest BCUT2D eigenvalue weighted by molar-refractivity contribution is -0.0508. The van der Waals surface area contributed by atoms with Gasteiger partial charge in [0.2, 0.25) is 0 Å². The lowest BCUT2D eigenvalue weighted by atomic mass is 10.0. The topological polar surface area (TPSA) is 95.0 Å². The number of thiocarbonyl (C=S) groups is 1. The zero-order chi connectivity index (χ0) is 25.2. The maximum absolute atomic E-state index is 13.3. The molecule has 0 saturated carbocycles. The molecule has 0 aliphatic carbocycles. The van der Waals surface area contributed by atoms with Crippen LogP contribution in [0.25, 0.3) is 0 Å². The van der Waals surface area contributed by atoms with E-state index in [1.54, 1.807) is 53.7 Å². The van der Waals surface area contributed by atoms with Crippen LogP contribution in [0.2, 0.25) is 0 Å². The number of aliphatic hydroxyl groups is 1. The van der Waals surface area contributed by atoms with E-state index in [4.69, 9.17) is 17.0 Å². The fourth-order valence-corrected chi connectivity index (χ4v) is 7.04. The van der Waals surface area contributed by atoms with E-state index in [0.717, 1.165) is 5.56 Å². The summed E-state index contributed by atoms with van der Waals surface area (Å²) in [5, 5.41) is 11.6. The Labute approximate surface area is 220 Å². The van der Waals surface area contributed by atoms with E-state index in [1.165, 1.54) is 11.8 Å². The monoisotopic (exact) mass is 542 g/mol. The van der Waals surface area contributed by atoms with Crippen molar-refractivity contribution in [3.63, 3.8) is 0 Å². The molecular weight excluding hydrogens is 517 g/mol. The van der Waals surface area contributed by atoms with Gasteiger partial charge in [0, 0.05) is 43.3 Å². The fourth-order valence-electron chi connectivity index (χ4n) is 4.34. The second-order valence-corrected chi connectivity index (χ2v) is 11.8. The summed E-state index contributed by atoms with van der Waals surface area (Å²) in [5.74, 6) is 0.379. The Morgan fingerprint density at radius 1 is 1.08 bits per heavy atom. The van der Waals surface area contributed by atoms with Crippen LogP contribution in [0.15, 0.2) is 78.0 Å². The van der Waals surface area contributed by atoms with Crippen molar-refractivity contribution >= 4 is 49.7 Å². The van der Waals surface area contributed by atoms with Gasteiger partial charge in [0.1, 0.15) is 9.22 Å². The number of hydrogen-bond acceptors (Lipinski definition) is 8. The van der Waals surface area contributed by atoms with Gasteiger partial charge in [-0.05, 0) is 35.9 Å². The van der Waals surface area contributed by atoms with Gasteiger partial charge < -0.3 is 19.6 Å². The van der Waals surface area contributed by atoms with Gasteiger partial charge in [-0.3, -0.25) is 9.71 Å². The van der Waals surface area contributed by atoms with Crippen molar-refractivity contribution in [3.8, 4) is 0 Å². The number of aromatic nitrogens is 1. The number of morpholine rings is 1. The van der Waals surface area contributed by atoms with Crippen LogP contribution in [0.4, 0.5) is 11.4 Å². The molecule has 1 unspecified atom stereocenters. The van der Waals surface area contributed by atoms with Crippen LogP contribution in [0, 0.1) is 0 Å². The predicted molar refractivity (Wildman–Crippen MR) is 145 cm³/mol. The molecule has 188 valence electrons. The number of ether oxygens (including phenoxy) is 1. The SMILES string of the molecule is O=S(=O)(Nc1ccc(C2(O)CSC(=S)N2Cc2cccnc2)cc1)c1ccccc1N1CCOCC1. The molecule has 0 radical (unpaired) electrons.